The second-order valence-electron chi connectivity index (χ2n) is 5.17. The van der Waals surface area contributed by atoms with Crippen LogP contribution in [0.25, 0.3) is 0 Å². The summed E-state index contributed by atoms with van der Waals surface area (Å²) in [6.45, 7) is 0. The van der Waals surface area contributed by atoms with Crippen LogP contribution in [0.3, 0.4) is 0 Å². The molecule has 1 unspecified atom stereocenters. The number of carbonyl (C=O) groups excluding carboxylic acids is 1. The summed E-state index contributed by atoms with van der Waals surface area (Å²) in [7, 11) is 3.48. The fraction of sp³-hybridized carbons (Fsp3) is 0.312. The number of methoxy groups -OCH3 is 1. The van der Waals surface area contributed by atoms with Gasteiger partial charge in [0, 0.05) is 19.2 Å². The number of nitrogens with zero attached hydrogens (tertiary/aromatic N) is 1. The molecule has 0 aliphatic carbocycles. The van der Waals surface area contributed by atoms with Gasteiger partial charge in [0.25, 0.3) is 0 Å². The zero-order valence-electron chi connectivity index (χ0n) is 12.1. The highest BCUT2D eigenvalue weighted by molar-refractivity contribution is 7.10. The largest absolute Gasteiger partial charge is 0.496 e. The topological polar surface area (TPSA) is 55.6 Å². The Labute approximate surface area is 128 Å². The van der Waals surface area contributed by atoms with E-state index in [2.05, 4.69) is 6.07 Å². The molecule has 5 heteroatoms. The molecule has 0 radical (unpaired) electrons. The van der Waals surface area contributed by atoms with Crippen molar-refractivity contribution in [3.63, 3.8) is 0 Å². The summed E-state index contributed by atoms with van der Waals surface area (Å²) >= 11 is 1.60. The summed E-state index contributed by atoms with van der Waals surface area (Å²) in [5, 5.41) is 1.98. The van der Waals surface area contributed by atoms with Crippen LogP contribution < -0.4 is 15.4 Å². The number of amides is 1. The molecule has 0 bridgehead atoms. The molecule has 2 heterocycles. The molecule has 1 amide bonds. The van der Waals surface area contributed by atoms with Crippen LogP contribution in [0.4, 0.5) is 5.69 Å². The Morgan fingerprint density at radius 1 is 1.33 bits per heavy atom. The zero-order chi connectivity index (χ0) is 15.0. The summed E-state index contributed by atoms with van der Waals surface area (Å²) in [6.07, 6.45) is 1.34. The minimum absolute atomic E-state index is 0.166. The first-order chi connectivity index (χ1) is 10.1. The standard InChI is InChI=1S/C16H18N2O2S/c1-18-12-5-3-11(9-10(12)4-6-14(18)19)15(17)16-13(20-2)7-8-21-16/h3,5,7-9,15H,4,6,17H2,1-2H3. The number of hydrogen-bond acceptors (Lipinski definition) is 4. The van der Waals surface area contributed by atoms with Crippen molar-refractivity contribution >= 4 is 22.9 Å². The minimum Gasteiger partial charge on any atom is -0.496 e. The van der Waals surface area contributed by atoms with Crippen LogP contribution in [0.5, 0.6) is 5.75 Å². The Hall–Kier alpha value is -1.85. The van der Waals surface area contributed by atoms with E-state index >= 15 is 0 Å². The van der Waals surface area contributed by atoms with E-state index in [0.717, 1.165) is 28.3 Å². The van der Waals surface area contributed by atoms with Crippen molar-refractivity contribution in [1.29, 1.82) is 0 Å². The predicted molar refractivity (Wildman–Crippen MR) is 85.1 cm³/mol. The molecule has 1 aliphatic rings. The molecule has 2 N–H and O–H groups in total. The van der Waals surface area contributed by atoms with Crippen LogP contribution in [0.2, 0.25) is 0 Å². The minimum atomic E-state index is -0.201. The molecule has 4 nitrogen and oxygen atoms in total. The Kier molecular flexibility index (Phi) is 3.69. The van der Waals surface area contributed by atoms with E-state index in [9.17, 15) is 4.79 Å². The normalized spacial score (nSPS) is 15.8. The van der Waals surface area contributed by atoms with Gasteiger partial charge < -0.3 is 15.4 Å². The van der Waals surface area contributed by atoms with Gasteiger partial charge in [-0.2, -0.15) is 0 Å². The van der Waals surface area contributed by atoms with Gasteiger partial charge in [0.15, 0.2) is 0 Å². The molecular weight excluding hydrogens is 284 g/mol. The van der Waals surface area contributed by atoms with Crippen molar-refractivity contribution in [1.82, 2.24) is 0 Å². The van der Waals surface area contributed by atoms with Gasteiger partial charge in [-0.25, -0.2) is 0 Å². The fourth-order valence-electron chi connectivity index (χ4n) is 2.73. The van der Waals surface area contributed by atoms with Crippen molar-refractivity contribution in [3.05, 3.63) is 45.6 Å². The van der Waals surface area contributed by atoms with Crippen LogP contribution >= 0.6 is 11.3 Å². The number of thiophene rings is 1. The van der Waals surface area contributed by atoms with Gasteiger partial charge in [-0.05, 0) is 35.1 Å². The molecule has 110 valence electrons. The summed E-state index contributed by atoms with van der Waals surface area (Å²) in [6, 6.07) is 7.83. The van der Waals surface area contributed by atoms with Gasteiger partial charge in [0.2, 0.25) is 5.91 Å². The van der Waals surface area contributed by atoms with E-state index < -0.39 is 0 Å². The average molecular weight is 302 g/mol. The second-order valence-corrected chi connectivity index (χ2v) is 6.12. The maximum Gasteiger partial charge on any atom is 0.227 e. The number of fused-ring (bicyclic) bond motifs is 1. The van der Waals surface area contributed by atoms with Crippen LogP contribution in [0.15, 0.2) is 29.6 Å². The quantitative estimate of drug-likeness (QED) is 0.948. The number of anilines is 1. The first-order valence-corrected chi connectivity index (χ1v) is 7.76. The Balaban J connectivity index is 1.96. The molecule has 1 aromatic carbocycles. The number of aryl methyl sites for hydroxylation is 1. The molecule has 21 heavy (non-hydrogen) atoms. The van der Waals surface area contributed by atoms with Gasteiger partial charge >= 0.3 is 0 Å². The molecule has 3 rings (SSSR count). The molecule has 1 aromatic heterocycles. The molecule has 0 saturated carbocycles. The summed E-state index contributed by atoms with van der Waals surface area (Å²) in [5.41, 5.74) is 9.60. The lowest BCUT2D eigenvalue weighted by atomic mass is 9.96. The third-order valence-corrected chi connectivity index (χ3v) is 4.95. The third kappa shape index (κ3) is 2.43. The number of nitrogens with two attached hydrogens (primary N) is 1. The molecule has 0 fully saturated rings. The number of rotatable bonds is 3. The van der Waals surface area contributed by atoms with Crippen molar-refractivity contribution in [3.8, 4) is 5.75 Å². The lowest BCUT2D eigenvalue weighted by Gasteiger charge is -2.26. The van der Waals surface area contributed by atoms with E-state index in [-0.39, 0.29) is 11.9 Å². The molecule has 1 atom stereocenters. The van der Waals surface area contributed by atoms with Gasteiger partial charge in [-0.1, -0.05) is 12.1 Å². The number of ether oxygens (including phenoxy) is 1. The SMILES string of the molecule is COc1ccsc1C(N)c1ccc2c(c1)CCC(=O)N2C. The Bertz CT molecular complexity index is 681. The van der Waals surface area contributed by atoms with Crippen molar-refractivity contribution < 1.29 is 9.53 Å². The fourth-order valence-corrected chi connectivity index (χ4v) is 3.61. The van der Waals surface area contributed by atoms with Crippen LogP contribution in [-0.4, -0.2) is 20.1 Å². The van der Waals surface area contributed by atoms with Crippen molar-refractivity contribution in [2.24, 2.45) is 5.73 Å². The smallest absolute Gasteiger partial charge is 0.227 e. The van der Waals surface area contributed by atoms with E-state index in [1.54, 1.807) is 23.3 Å². The van der Waals surface area contributed by atoms with Crippen LogP contribution in [0, 0.1) is 0 Å². The first kappa shape index (κ1) is 14.1. The number of carbonyl (C=O) groups is 1. The molecule has 0 saturated heterocycles. The molecular formula is C16H18N2O2S. The van der Waals surface area contributed by atoms with Gasteiger partial charge in [-0.15, -0.1) is 11.3 Å². The highest BCUT2D eigenvalue weighted by Gasteiger charge is 2.23. The highest BCUT2D eigenvalue weighted by atomic mass is 32.1. The number of hydrogen-bond donors (Lipinski definition) is 1. The zero-order valence-corrected chi connectivity index (χ0v) is 12.9. The van der Waals surface area contributed by atoms with Crippen LogP contribution in [-0.2, 0) is 11.2 Å². The van der Waals surface area contributed by atoms with Gasteiger partial charge in [-0.3, -0.25) is 4.79 Å². The summed E-state index contributed by atoms with van der Waals surface area (Å²) in [4.78, 5) is 14.5. The van der Waals surface area contributed by atoms with Crippen molar-refractivity contribution in [2.75, 3.05) is 19.1 Å². The Morgan fingerprint density at radius 3 is 2.90 bits per heavy atom. The van der Waals surface area contributed by atoms with E-state index in [4.69, 9.17) is 10.5 Å². The molecule has 1 aliphatic heterocycles. The first-order valence-electron chi connectivity index (χ1n) is 6.88. The van der Waals surface area contributed by atoms with E-state index in [1.165, 1.54) is 5.56 Å². The molecule has 2 aromatic rings. The molecule has 0 spiro atoms. The monoisotopic (exact) mass is 302 g/mol. The van der Waals surface area contributed by atoms with Gasteiger partial charge in [0.05, 0.1) is 18.0 Å². The van der Waals surface area contributed by atoms with Crippen molar-refractivity contribution in [2.45, 2.75) is 18.9 Å². The third-order valence-electron chi connectivity index (χ3n) is 3.97. The average Bonchev–Trinajstić information content (AvgIpc) is 2.98. The van der Waals surface area contributed by atoms with E-state index in [1.807, 2.05) is 30.6 Å². The summed E-state index contributed by atoms with van der Waals surface area (Å²) < 4.78 is 5.35. The Morgan fingerprint density at radius 2 is 2.14 bits per heavy atom. The number of benzene rings is 1. The van der Waals surface area contributed by atoms with Gasteiger partial charge in [0.1, 0.15) is 5.75 Å². The lowest BCUT2D eigenvalue weighted by Crippen LogP contribution is -2.31. The van der Waals surface area contributed by atoms with E-state index in [0.29, 0.717) is 6.42 Å². The summed E-state index contributed by atoms with van der Waals surface area (Å²) in [5.74, 6) is 0.997. The maximum absolute atomic E-state index is 11.7. The lowest BCUT2D eigenvalue weighted by molar-refractivity contribution is -0.118. The van der Waals surface area contributed by atoms with Crippen LogP contribution in [0.1, 0.15) is 28.5 Å². The maximum atomic E-state index is 11.7. The predicted octanol–water partition coefficient (Wildman–Crippen LogP) is 2.71. The second kappa shape index (κ2) is 5.50. The highest BCUT2D eigenvalue weighted by Crippen LogP contribution is 2.35.